The molecule has 1 aromatic heterocycles. The Morgan fingerprint density at radius 2 is 1.82 bits per heavy atom. The molecule has 0 bridgehead atoms. The van der Waals surface area contributed by atoms with Gasteiger partial charge in [-0.2, -0.15) is 9.40 Å². The number of halogens is 1. The summed E-state index contributed by atoms with van der Waals surface area (Å²) in [7, 11) is -3.33. The van der Waals surface area contributed by atoms with E-state index in [0.29, 0.717) is 28.6 Å². The van der Waals surface area contributed by atoms with Crippen LogP contribution in [0.1, 0.15) is 17.7 Å². The summed E-state index contributed by atoms with van der Waals surface area (Å²) in [6, 6.07) is 13.8. The van der Waals surface area contributed by atoms with Gasteiger partial charge in [-0.05, 0) is 46.9 Å². The fraction of sp³-hybridized carbons (Fsp3) is 0.444. The van der Waals surface area contributed by atoms with Crippen LogP contribution in [-0.2, 0) is 45.4 Å². The summed E-state index contributed by atoms with van der Waals surface area (Å²) < 4.78 is 45.8. The highest BCUT2D eigenvalue weighted by Crippen LogP contribution is 2.36. The van der Waals surface area contributed by atoms with E-state index in [-0.39, 0.29) is 6.54 Å². The van der Waals surface area contributed by atoms with E-state index in [4.69, 9.17) is 21.4 Å². The van der Waals surface area contributed by atoms with Gasteiger partial charge in [0.05, 0.1) is 25.0 Å². The lowest BCUT2D eigenvalue weighted by atomic mass is 10.0. The van der Waals surface area contributed by atoms with Crippen LogP contribution < -0.4 is 0 Å². The maximum absolute atomic E-state index is 12.4. The fourth-order valence-electron chi connectivity index (χ4n) is 5.02. The van der Waals surface area contributed by atoms with Crippen LogP contribution in [0.4, 0.5) is 0 Å². The number of benzene rings is 2. The van der Waals surface area contributed by atoms with Gasteiger partial charge in [-0.3, -0.25) is 9.58 Å². The van der Waals surface area contributed by atoms with Gasteiger partial charge in [-0.15, -0.1) is 0 Å². The molecule has 1 unspecified atom stereocenters. The number of fused-ring (bicyclic) bond motifs is 2. The van der Waals surface area contributed by atoms with Crippen molar-refractivity contribution < 1.29 is 17.7 Å². The maximum Gasteiger partial charge on any atom is 0.211 e. The van der Waals surface area contributed by atoms with E-state index in [2.05, 4.69) is 29.2 Å². The Hall–Kier alpha value is -1.92. The number of hydrogen-bond acceptors (Lipinski definition) is 6. The van der Waals surface area contributed by atoms with E-state index < -0.39 is 21.2 Å². The molecule has 4 aliphatic rings. The first kappa shape index (κ1) is 27.6. The molecule has 2 aromatic rings. The van der Waals surface area contributed by atoms with Crippen molar-refractivity contribution >= 4 is 32.8 Å². The van der Waals surface area contributed by atoms with Gasteiger partial charge >= 0.3 is 0 Å². The highest BCUT2D eigenvalue weighted by atomic mass is 35.5. The summed E-state index contributed by atoms with van der Waals surface area (Å²) in [5.74, 6) is 0. The summed E-state index contributed by atoms with van der Waals surface area (Å²) in [6.07, 6.45) is 4.39. The van der Waals surface area contributed by atoms with Crippen LogP contribution in [0.5, 0.6) is 0 Å². The average Bonchev–Trinajstić information content (AvgIpc) is 3.32. The first-order valence-electron chi connectivity index (χ1n) is 12.8. The standard InChI is InChI=1S/C21H29ClN4O4S2.C6H4/c1-31(27)20-14-16(22)4-5-17(20)21-18-15-25(32(2,28)29)9-6-19(18)26(23-21)8-3-7-24-10-12-30-13-11-24;1-2-5-4-6(5)3-1/h4-5,14H,3,6-13,15H2,1-2H3;1-4H. The smallest absolute Gasteiger partial charge is 0.211 e. The largest absolute Gasteiger partial charge is 0.612 e. The SMILES string of the molecule is C[S+]([O-])c1cc(Cl)ccc1-c1nn(CCCN2CCOCC2)c2c1CN(S(C)(=O)=O)CC2.c1cc2cc-2c1. The van der Waals surface area contributed by atoms with Crippen molar-refractivity contribution in [1.29, 1.82) is 0 Å². The second kappa shape index (κ2) is 11.7. The molecule has 38 heavy (non-hydrogen) atoms. The Labute approximate surface area is 232 Å². The van der Waals surface area contributed by atoms with Crippen LogP contribution >= 0.6 is 11.6 Å². The molecule has 2 aliphatic heterocycles. The zero-order valence-electron chi connectivity index (χ0n) is 21.7. The van der Waals surface area contributed by atoms with Crippen LogP contribution in [0.2, 0.25) is 5.02 Å². The molecule has 1 fully saturated rings. The van der Waals surface area contributed by atoms with Gasteiger partial charge < -0.3 is 9.29 Å². The van der Waals surface area contributed by atoms with Crippen molar-refractivity contribution in [3.8, 4) is 22.4 Å². The Kier molecular flexibility index (Phi) is 8.49. The molecule has 8 nitrogen and oxygen atoms in total. The number of sulfonamides is 1. The van der Waals surface area contributed by atoms with Gasteiger partial charge in [0.1, 0.15) is 11.9 Å². The third-order valence-electron chi connectivity index (χ3n) is 7.14. The summed E-state index contributed by atoms with van der Waals surface area (Å²) in [4.78, 5) is 3.00. The van der Waals surface area contributed by atoms with E-state index in [1.807, 2.05) is 10.7 Å². The van der Waals surface area contributed by atoms with Gasteiger partial charge in [0, 0.05) is 68.0 Å². The lowest BCUT2D eigenvalue weighted by Crippen LogP contribution is -2.37. The molecule has 204 valence electrons. The van der Waals surface area contributed by atoms with Gasteiger partial charge in [0.15, 0.2) is 4.90 Å². The molecule has 3 heterocycles. The summed E-state index contributed by atoms with van der Waals surface area (Å²) >= 11 is 4.90. The molecule has 0 amide bonds. The van der Waals surface area contributed by atoms with Crippen LogP contribution in [0.15, 0.2) is 47.4 Å². The third-order valence-corrected chi connectivity index (χ3v) is 9.58. The summed E-state index contributed by atoms with van der Waals surface area (Å²) in [5.41, 5.74) is 6.24. The first-order chi connectivity index (χ1) is 18.2. The number of aromatic nitrogens is 2. The van der Waals surface area contributed by atoms with Crippen LogP contribution in [0.3, 0.4) is 0 Å². The van der Waals surface area contributed by atoms with Gasteiger partial charge in [-0.25, -0.2) is 8.42 Å². The van der Waals surface area contributed by atoms with Gasteiger partial charge in [-0.1, -0.05) is 29.8 Å². The van der Waals surface area contributed by atoms with Gasteiger partial charge in [0.25, 0.3) is 0 Å². The minimum Gasteiger partial charge on any atom is -0.612 e. The summed E-state index contributed by atoms with van der Waals surface area (Å²) in [6.45, 7) is 5.86. The van der Waals surface area contributed by atoms with E-state index in [0.717, 1.165) is 62.6 Å². The Morgan fingerprint density at radius 1 is 1.08 bits per heavy atom. The summed E-state index contributed by atoms with van der Waals surface area (Å²) in [5, 5.41) is 5.42. The topological polar surface area (TPSA) is 90.7 Å². The fourth-order valence-corrected chi connectivity index (χ4v) is 6.82. The Bertz CT molecular complexity index is 1390. The number of nitrogens with zero attached hydrogens (tertiary/aromatic N) is 4. The number of aryl methyl sites for hydroxylation is 1. The lowest BCUT2D eigenvalue weighted by molar-refractivity contribution is 0.0368. The van der Waals surface area contributed by atoms with Crippen molar-refractivity contribution in [2.75, 3.05) is 51.9 Å². The maximum atomic E-state index is 12.4. The van der Waals surface area contributed by atoms with Crippen molar-refractivity contribution in [1.82, 2.24) is 19.0 Å². The predicted octanol–water partition coefficient (Wildman–Crippen LogP) is 3.65. The molecule has 1 saturated heterocycles. The Balaban J connectivity index is 0.000000424. The zero-order valence-corrected chi connectivity index (χ0v) is 24.1. The van der Waals surface area contributed by atoms with Gasteiger partial charge in [0.2, 0.25) is 10.0 Å². The van der Waals surface area contributed by atoms with Crippen molar-refractivity contribution in [2.24, 2.45) is 0 Å². The second-order valence-electron chi connectivity index (χ2n) is 9.83. The monoisotopic (exact) mass is 576 g/mol. The number of morpholine rings is 1. The normalized spacial score (nSPS) is 17.9. The molecule has 0 saturated carbocycles. The van der Waals surface area contributed by atoms with E-state index in [9.17, 15) is 13.0 Å². The van der Waals surface area contributed by atoms with E-state index in [1.54, 1.807) is 18.4 Å². The molecule has 0 N–H and O–H groups in total. The lowest BCUT2D eigenvalue weighted by Gasteiger charge is -2.27. The molecule has 1 aromatic carbocycles. The van der Waals surface area contributed by atoms with Crippen LogP contribution in [0, 0.1) is 0 Å². The molecular weight excluding hydrogens is 544 g/mol. The molecule has 2 aliphatic carbocycles. The van der Waals surface area contributed by atoms with Crippen LogP contribution in [-0.4, -0.2) is 83.9 Å². The molecule has 6 rings (SSSR count). The quantitative estimate of drug-likeness (QED) is 0.312. The molecule has 11 heteroatoms. The average molecular weight is 577 g/mol. The van der Waals surface area contributed by atoms with E-state index in [1.165, 1.54) is 21.7 Å². The predicted molar refractivity (Wildman–Crippen MR) is 151 cm³/mol. The molecule has 0 spiro atoms. The van der Waals surface area contributed by atoms with Crippen LogP contribution in [0.25, 0.3) is 22.4 Å². The number of hydrogen-bond donors (Lipinski definition) is 0. The highest BCUT2D eigenvalue weighted by molar-refractivity contribution is 7.90. The third kappa shape index (κ3) is 6.44. The second-order valence-corrected chi connectivity index (χ2v) is 13.6. The molecule has 1 atom stereocenters. The number of ether oxygens (including phenoxy) is 1. The Morgan fingerprint density at radius 3 is 2.42 bits per heavy atom. The number of rotatable bonds is 7. The highest BCUT2D eigenvalue weighted by Gasteiger charge is 2.31. The van der Waals surface area contributed by atoms with Crippen molar-refractivity contribution in [3.05, 3.63) is 58.7 Å². The first-order valence-corrected chi connectivity index (χ1v) is 16.6. The van der Waals surface area contributed by atoms with E-state index >= 15 is 0 Å². The minimum absolute atomic E-state index is 0.269. The van der Waals surface area contributed by atoms with Crippen molar-refractivity contribution in [3.63, 3.8) is 0 Å². The zero-order chi connectivity index (χ0) is 26.9. The molecular formula is C27H33ClN4O4S2. The van der Waals surface area contributed by atoms with Crippen molar-refractivity contribution in [2.45, 2.75) is 30.8 Å². The molecule has 0 radical (unpaired) electrons. The minimum atomic E-state index is -3.33.